The van der Waals surface area contributed by atoms with E-state index in [2.05, 4.69) is 33.4 Å². The van der Waals surface area contributed by atoms with Gasteiger partial charge in [-0.2, -0.15) is 0 Å². The van der Waals surface area contributed by atoms with Gasteiger partial charge in [0.15, 0.2) is 0 Å². The Morgan fingerprint density at radius 2 is 1.69 bits per heavy atom. The predicted molar refractivity (Wildman–Crippen MR) is 69.4 cm³/mol. The Hall–Kier alpha value is -1.44. The van der Waals surface area contributed by atoms with E-state index in [0.29, 0.717) is 0 Å². The van der Waals surface area contributed by atoms with E-state index in [4.69, 9.17) is 9.59 Å². The first-order chi connectivity index (χ1) is 7.65. The molecule has 0 aromatic rings. The van der Waals surface area contributed by atoms with Gasteiger partial charge in [0.2, 0.25) is 0 Å². The van der Waals surface area contributed by atoms with E-state index >= 15 is 0 Å². The minimum atomic E-state index is 1.11. The van der Waals surface area contributed by atoms with E-state index in [1.165, 1.54) is 29.6 Å². The van der Waals surface area contributed by atoms with Crippen LogP contribution < -0.4 is 0 Å². The van der Waals surface area contributed by atoms with E-state index in [0.717, 1.165) is 6.42 Å². The minimum absolute atomic E-state index is 1.11. The third kappa shape index (κ3) is 5.44. The van der Waals surface area contributed by atoms with Crippen molar-refractivity contribution in [3.8, 4) is 0 Å². The fourth-order valence-electron chi connectivity index (χ4n) is 1.79. The molecule has 0 unspecified atom stereocenters. The van der Waals surface area contributed by atoms with Crippen molar-refractivity contribution in [3.05, 3.63) is 34.9 Å². The Morgan fingerprint density at radius 1 is 1.19 bits per heavy atom. The van der Waals surface area contributed by atoms with E-state index < -0.39 is 0 Å². The van der Waals surface area contributed by atoms with Crippen LogP contribution in [0.25, 0.3) is 0 Å². The summed E-state index contributed by atoms with van der Waals surface area (Å²) in [5.41, 5.74) is 5.91. The predicted octanol–water partition coefficient (Wildman–Crippen LogP) is 3.64. The fourth-order valence-corrected chi connectivity index (χ4v) is 1.79. The van der Waals surface area contributed by atoms with Crippen molar-refractivity contribution in [2.75, 3.05) is 0 Å². The smallest absolute Gasteiger partial charge is 0.106 e. The second-order valence-corrected chi connectivity index (χ2v) is 3.66. The maximum Gasteiger partial charge on any atom is 0.106 e. The van der Waals surface area contributed by atoms with Gasteiger partial charge in [-0.1, -0.05) is 29.4 Å². The molecule has 0 bridgehead atoms. The molecule has 0 saturated heterocycles. The molecule has 16 heavy (non-hydrogen) atoms. The van der Waals surface area contributed by atoms with Crippen molar-refractivity contribution in [1.82, 2.24) is 0 Å². The second-order valence-electron chi connectivity index (χ2n) is 3.66. The molecule has 90 valence electrons. The Bertz CT molecular complexity index is 283. The molecule has 0 saturated carbocycles. The van der Waals surface area contributed by atoms with Crippen molar-refractivity contribution >= 4 is 13.6 Å². The Kier molecular flexibility index (Phi) is 10.7. The van der Waals surface area contributed by atoms with Gasteiger partial charge < -0.3 is 9.59 Å². The van der Waals surface area contributed by atoms with Crippen molar-refractivity contribution in [2.24, 2.45) is 0 Å². The molecule has 0 atom stereocenters. The summed E-state index contributed by atoms with van der Waals surface area (Å²) in [4.78, 5) is 16.0. The molecule has 2 nitrogen and oxygen atoms in total. The molecule has 0 spiro atoms. The van der Waals surface area contributed by atoms with Gasteiger partial charge in [0.1, 0.15) is 13.6 Å². The first kappa shape index (κ1) is 17.0. The van der Waals surface area contributed by atoms with Crippen LogP contribution in [0.2, 0.25) is 0 Å². The summed E-state index contributed by atoms with van der Waals surface area (Å²) in [5.74, 6) is 0. The number of rotatable bonds is 1. The van der Waals surface area contributed by atoms with Crippen LogP contribution >= 0.6 is 0 Å². The molecule has 0 N–H and O–H groups in total. The van der Waals surface area contributed by atoms with Gasteiger partial charge in [0.25, 0.3) is 0 Å². The minimum Gasteiger partial charge on any atom is -0.307 e. The lowest BCUT2D eigenvalue weighted by Gasteiger charge is -2.20. The average molecular weight is 222 g/mol. The lowest BCUT2D eigenvalue weighted by atomic mass is 9.86. The lowest BCUT2D eigenvalue weighted by Crippen LogP contribution is -2.00. The van der Waals surface area contributed by atoms with Gasteiger partial charge in [-0.3, -0.25) is 0 Å². The molecular weight excluding hydrogens is 200 g/mol. The Balaban J connectivity index is 0. The van der Waals surface area contributed by atoms with Crippen LogP contribution in [0, 0.1) is 0 Å². The van der Waals surface area contributed by atoms with Crippen LogP contribution in [-0.4, -0.2) is 13.6 Å². The zero-order chi connectivity index (χ0) is 13.1. The standard InChI is InChI=1S/C12H18.2CH2O/c1-5-10(3)12-7-6-9(2)8-11(12)4;2*1-2/h5H,2,6-8H2,1,3-4H3;2*1H2/b10-5-;;. The number of allylic oxidation sites excluding steroid dienone is 5. The largest absolute Gasteiger partial charge is 0.307 e. The summed E-state index contributed by atoms with van der Waals surface area (Å²) in [5, 5.41) is 0. The van der Waals surface area contributed by atoms with E-state index in [9.17, 15) is 0 Å². The van der Waals surface area contributed by atoms with Gasteiger partial charge in [-0.25, -0.2) is 0 Å². The van der Waals surface area contributed by atoms with Crippen LogP contribution in [0.3, 0.4) is 0 Å². The number of hydrogen-bond acceptors (Lipinski definition) is 2. The summed E-state index contributed by atoms with van der Waals surface area (Å²) >= 11 is 0. The molecule has 0 fully saturated rings. The summed E-state index contributed by atoms with van der Waals surface area (Å²) < 4.78 is 0. The van der Waals surface area contributed by atoms with Crippen LogP contribution in [0.1, 0.15) is 40.0 Å². The summed E-state index contributed by atoms with van der Waals surface area (Å²) in [6, 6.07) is 0. The van der Waals surface area contributed by atoms with Crippen LogP contribution in [0.15, 0.2) is 34.9 Å². The maximum absolute atomic E-state index is 8.00. The SMILES string of the molecule is C=C1CCC(/C(C)=C\C)=C(C)C1.C=O.C=O. The first-order valence-electron chi connectivity index (χ1n) is 5.21. The lowest BCUT2D eigenvalue weighted by molar-refractivity contribution is -0.0987. The van der Waals surface area contributed by atoms with Crippen molar-refractivity contribution in [3.63, 3.8) is 0 Å². The zero-order valence-electron chi connectivity index (χ0n) is 10.6. The second kappa shape index (κ2) is 10.1. The average Bonchev–Trinajstić information content (AvgIpc) is 2.33. The topological polar surface area (TPSA) is 34.1 Å². The van der Waals surface area contributed by atoms with Crippen molar-refractivity contribution in [2.45, 2.75) is 40.0 Å². The fraction of sp³-hybridized carbons (Fsp3) is 0.429. The molecule has 0 heterocycles. The maximum atomic E-state index is 8.00. The van der Waals surface area contributed by atoms with Gasteiger partial charge in [0.05, 0.1) is 0 Å². The van der Waals surface area contributed by atoms with Gasteiger partial charge in [-0.05, 0) is 45.6 Å². The van der Waals surface area contributed by atoms with E-state index in [1.807, 2.05) is 13.6 Å². The number of hydrogen-bond donors (Lipinski definition) is 0. The van der Waals surface area contributed by atoms with Crippen molar-refractivity contribution in [1.29, 1.82) is 0 Å². The number of carbonyl (C=O) groups excluding carboxylic acids is 2. The highest BCUT2D eigenvalue weighted by atomic mass is 16.1. The zero-order valence-corrected chi connectivity index (χ0v) is 10.6. The normalized spacial score (nSPS) is 15.7. The monoisotopic (exact) mass is 222 g/mol. The molecule has 1 aliphatic carbocycles. The molecule has 0 aromatic carbocycles. The molecule has 1 rings (SSSR count). The third-order valence-electron chi connectivity index (χ3n) is 2.67. The highest BCUT2D eigenvalue weighted by molar-refractivity contribution is 5.37. The summed E-state index contributed by atoms with van der Waals surface area (Å²) in [6.45, 7) is 14.6. The van der Waals surface area contributed by atoms with E-state index in [-0.39, 0.29) is 0 Å². The van der Waals surface area contributed by atoms with Crippen LogP contribution in [-0.2, 0) is 9.59 Å². The van der Waals surface area contributed by atoms with Gasteiger partial charge in [0, 0.05) is 0 Å². The van der Waals surface area contributed by atoms with E-state index in [1.54, 1.807) is 5.57 Å². The molecule has 0 aliphatic heterocycles. The van der Waals surface area contributed by atoms with Crippen molar-refractivity contribution < 1.29 is 9.59 Å². The number of carbonyl (C=O) groups is 2. The third-order valence-corrected chi connectivity index (χ3v) is 2.67. The molecule has 0 amide bonds. The van der Waals surface area contributed by atoms with Crippen LogP contribution in [0.5, 0.6) is 0 Å². The Labute approximate surface area is 98.7 Å². The van der Waals surface area contributed by atoms with Crippen LogP contribution in [0.4, 0.5) is 0 Å². The Morgan fingerprint density at radius 3 is 2.06 bits per heavy atom. The van der Waals surface area contributed by atoms with Gasteiger partial charge in [-0.15, -0.1) is 0 Å². The van der Waals surface area contributed by atoms with Gasteiger partial charge >= 0.3 is 0 Å². The summed E-state index contributed by atoms with van der Waals surface area (Å²) in [7, 11) is 0. The molecule has 2 heteroatoms. The quantitative estimate of drug-likeness (QED) is 0.635. The summed E-state index contributed by atoms with van der Waals surface area (Å²) in [6.07, 6.45) is 5.69. The first-order valence-corrected chi connectivity index (χ1v) is 5.21. The highest BCUT2D eigenvalue weighted by Gasteiger charge is 2.11. The highest BCUT2D eigenvalue weighted by Crippen LogP contribution is 2.31. The molecular formula is C14H22O2. The molecule has 1 aliphatic rings. The molecule has 0 radical (unpaired) electrons. The molecule has 0 aromatic heterocycles.